The zero-order valence-corrected chi connectivity index (χ0v) is 16.7. The Morgan fingerprint density at radius 3 is 2.48 bits per heavy atom. The molecule has 0 radical (unpaired) electrons. The number of nitrogens with one attached hydrogen (secondary N) is 1. The SMILES string of the molecule is O=c1[nH]c(CN(Cc2cccs2)S(=O)(=O)c2ccc(F)cc2)nc2ccccc12. The number of aromatic nitrogens is 2. The first-order chi connectivity index (χ1) is 13.9. The number of H-pyrrole nitrogens is 1. The monoisotopic (exact) mass is 429 g/mol. The van der Waals surface area contributed by atoms with Crippen LogP contribution in [0.25, 0.3) is 10.9 Å². The molecule has 0 fully saturated rings. The summed E-state index contributed by atoms with van der Waals surface area (Å²) < 4.78 is 40.9. The highest BCUT2D eigenvalue weighted by molar-refractivity contribution is 7.89. The summed E-state index contributed by atoms with van der Waals surface area (Å²) in [6, 6.07) is 15.2. The van der Waals surface area contributed by atoms with Crippen molar-refractivity contribution in [2.75, 3.05) is 0 Å². The lowest BCUT2D eigenvalue weighted by atomic mass is 10.2. The van der Waals surface area contributed by atoms with Crippen LogP contribution < -0.4 is 5.56 Å². The normalized spacial score (nSPS) is 11.9. The van der Waals surface area contributed by atoms with E-state index in [4.69, 9.17) is 0 Å². The molecule has 0 saturated heterocycles. The van der Waals surface area contributed by atoms with Crippen molar-refractivity contribution >= 4 is 32.3 Å². The molecule has 0 spiro atoms. The Balaban J connectivity index is 1.75. The van der Waals surface area contributed by atoms with E-state index >= 15 is 0 Å². The molecule has 6 nitrogen and oxygen atoms in total. The third-order valence-electron chi connectivity index (χ3n) is 4.35. The third-order valence-corrected chi connectivity index (χ3v) is 7.02. The number of thiophene rings is 1. The summed E-state index contributed by atoms with van der Waals surface area (Å²) in [6.07, 6.45) is 0. The van der Waals surface area contributed by atoms with Crippen molar-refractivity contribution in [1.29, 1.82) is 0 Å². The fourth-order valence-corrected chi connectivity index (χ4v) is 5.12. The summed E-state index contributed by atoms with van der Waals surface area (Å²) in [6.45, 7) is -0.0222. The van der Waals surface area contributed by atoms with Gasteiger partial charge < -0.3 is 4.98 Å². The minimum atomic E-state index is -3.95. The molecule has 148 valence electrons. The lowest BCUT2D eigenvalue weighted by molar-refractivity contribution is 0.395. The highest BCUT2D eigenvalue weighted by Crippen LogP contribution is 2.22. The van der Waals surface area contributed by atoms with Gasteiger partial charge in [-0.05, 0) is 47.8 Å². The van der Waals surface area contributed by atoms with Gasteiger partial charge in [-0.1, -0.05) is 18.2 Å². The van der Waals surface area contributed by atoms with E-state index in [9.17, 15) is 17.6 Å². The second-order valence-electron chi connectivity index (χ2n) is 6.34. The van der Waals surface area contributed by atoms with Crippen molar-refractivity contribution < 1.29 is 12.8 Å². The average molecular weight is 429 g/mol. The maximum atomic E-state index is 13.3. The van der Waals surface area contributed by atoms with E-state index in [1.54, 1.807) is 24.3 Å². The molecule has 9 heteroatoms. The molecular formula is C20H16FN3O3S2. The zero-order chi connectivity index (χ0) is 20.4. The minimum absolute atomic E-state index is 0.0291. The van der Waals surface area contributed by atoms with Gasteiger partial charge in [-0.2, -0.15) is 4.31 Å². The van der Waals surface area contributed by atoms with E-state index in [0.717, 1.165) is 17.0 Å². The molecule has 0 unspecified atom stereocenters. The molecule has 0 bridgehead atoms. The van der Waals surface area contributed by atoms with Crippen molar-refractivity contribution in [3.63, 3.8) is 0 Å². The fraction of sp³-hybridized carbons (Fsp3) is 0.100. The maximum absolute atomic E-state index is 13.3. The summed E-state index contributed by atoms with van der Waals surface area (Å²) in [5, 5.41) is 2.29. The van der Waals surface area contributed by atoms with Crippen LogP contribution in [0.5, 0.6) is 0 Å². The van der Waals surface area contributed by atoms with Crippen LogP contribution >= 0.6 is 11.3 Å². The lowest BCUT2D eigenvalue weighted by Crippen LogP contribution is -2.31. The highest BCUT2D eigenvalue weighted by Gasteiger charge is 2.26. The van der Waals surface area contributed by atoms with Crippen LogP contribution in [0.3, 0.4) is 0 Å². The number of benzene rings is 2. The van der Waals surface area contributed by atoms with Gasteiger partial charge in [-0.25, -0.2) is 17.8 Å². The Bertz CT molecular complexity index is 1300. The van der Waals surface area contributed by atoms with Gasteiger partial charge in [0.05, 0.1) is 22.3 Å². The predicted molar refractivity (Wildman–Crippen MR) is 110 cm³/mol. The number of nitrogens with zero attached hydrogens (tertiary/aromatic N) is 2. The van der Waals surface area contributed by atoms with Gasteiger partial charge in [-0.3, -0.25) is 4.79 Å². The quantitative estimate of drug-likeness (QED) is 0.508. The Morgan fingerprint density at radius 1 is 1.00 bits per heavy atom. The summed E-state index contributed by atoms with van der Waals surface area (Å²) in [5.74, 6) is -0.287. The van der Waals surface area contributed by atoms with Crippen LogP contribution in [0.2, 0.25) is 0 Å². The van der Waals surface area contributed by atoms with E-state index in [-0.39, 0.29) is 29.4 Å². The Kier molecular flexibility index (Phi) is 5.27. The first kappa shape index (κ1) is 19.4. The molecule has 0 aliphatic rings. The van der Waals surface area contributed by atoms with E-state index in [0.29, 0.717) is 10.9 Å². The smallest absolute Gasteiger partial charge is 0.258 e. The Labute approximate surface area is 170 Å². The molecule has 2 aromatic carbocycles. The van der Waals surface area contributed by atoms with E-state index in [1.807, 2.05) is 17.5 Å². The number of halogens is 1. The lowest BCUT2D eigenvalue weighted by Gasteiger charge is -2.21. The predicted octanol–water partition coefficient (Wildman–Crippen LogP) is 3.51. The molecule has 0 amide bonds. The average Bonchev–Trinajstić information content (AvgIpc) is 3.21. The highest BCUT2D eigenvalue weighted by atomic mass is 32.2. The van der Waals surface area contributed by atoms with Crippen molar-refractivity contribution in [2.24, 2.45) is 0 Å². The van der Waals surface area contributed by atoms with Crippen molar-refractivity contribution in [3.8, 4) is 0 Å². The van der Waals surface area contributed by atoms with Crippen LogP contribution in [-0.4, -0.2) is 22.7 Å². The molecule has 4 aromatic rings. The van der Waals surface area contributed by atoms with Gasteiger partial charge in [0.1, 0.15) is 11.6 Å². The van der Waals surface area contributed by atoms with E-state index in [1.165, 1.54) is 27.8 Å². The molecule has 0 saturated carbocycles. The summed E-state index contributed by atoms with van der Waals surface area (Å²) in [5.41, 5.74) is 0.155. The number of fused-ring (bicyclic) bond motifs is 1. The second kappa shape index (κ2) is 7.86. The summed E-state index contributed by atoms with van der Waals surface area (Å²) in [4.78, 5) is 20.2. The number of aromatic amines is 1. The van der Waals surface area contributed by atoms with E-state index in [2.05, 4.69) is 9.97 Å². The molecule has 0 aliphatic heterocycles. The maximum Gasteiger partial charge on any atom is 0.258 e. The first-order valence-electron chi connectivity index (χ1n) is 8.69. The van der Waals surface area contributed by atoms with Gasteiger partial charge in [0.2, 0.25) is 10.0 Å². The second-order valence-corrected chi connectivity index (χ2v) is 9.31. The molecule has 0 aliphatic carbocycles. The Morgan fingerprint density at radius 2 is 1.76 bits per heavy atom. The number of sulfonamides is 1. The molecule has 4 rings (SSSR count). The van der Waals surface area contributed by atoms with Crippen molar-refractivity contribution in [2.45, 2.75) is 18.0 Å². The topological polar surface area (TPSA) is 83.1 Å². The number of rotatable bonds is 6. The number of hydrogen-bond donors (Lipinski definition) is 1. The number of hydrogen-bond acceptors (Lipinski definition) is 5. The van der Waals surface area contributed by atoms with Gasteiger partial charge in [0.25, 0.3) is 5.56 Å². The molecule has 29 heavy (non-hydrogen) atoms. The largest absolute Gasteiger partial charge is 0.309 e. The van der Waals surface area contributed by atoms with E-state index < -0.39 is 15.8 Å². The molecule has 2 aromatic heterocycles. The Hall–Kier alpha value is -2.88. The van der Waals surface area contributed by atoms with Gasteiger partial charge in [0, 0.05) is 11.4 Å². The van der Waals surface area contributed by atoms with Crippen LogP contribution in [0.15, 0.2) is 75.7 Å². The van der Waals surface area contributed by atoms with Crippen molar-refractivity contribution in [1.82, 2.24) is 14.3 Å². The van der Waals surface area contributed by atoms with Gasteiger partial charge in [-0.15, -0.1) is 11.3 Å². The molecular weight excluding hydrogens is 413 g/mol. The van der Waals surface area contributed by atoms with Crippen LogP contribution in [0.4, 0.5) is 4.39 Å². The van der Waals surface area contributed by atoms with Crippen molar-refractivity contribution in [3.05, 3.63) is 92.9 Å². The summed E-state index contributed by atoms with van der Waals surface area (Å²) >= 11 is 1.42. The first-order valence-corrected chi connectivity index (χ1v) is 11.0. The molecule has 0 atom stereocenters. The van der Waals surface area contributed by atoms with Crippen LogP contribution in [-0.2, 0) is 23.1 Å². The standard InChI is InChI=1S/C20H16FN3O3S2/c21-14-7-9-16(10-8-14)29(26,27)24(12-15-4-3-11-28-15)13-19-22-18-6-2-1-5-17(18)20(25)23-19/h1-11H,12-13H2,(H,22,23,25). The summed E-state index contributed by atoms with van der Waals surface area (Å²) in [7, 11) is -3.95. The van der Waals surface area contributed by atoms with Gasteiger partial charge in [0.15, 0.2) is 0 Å². The van der Waals surface area contributed by atoms with Gasteiger partial charge >= 0.3 is 0 Å². The van der Waals surface area contributed by atoms with Crippen LogP contribution in [0, 0.1) is 5.82 Å². The zero-order valence-electron chi connectivity index (χ0n) is 15.1. The minimum Gasteiger partial charge on any atom is -0.309 e. The molecule has 1 N–H and O–H groups in total. The third kappa shape index (κ3) is 4.12. The fourth-order valence-electron chi connectivity index (χ4n) is 2.93. The van der Waals surface area contributed by atoms with Crippen LogP contribution in [0.1, 0.15) is 10.7 Å². The molecule has 2 heterocycles. The number of para-hydroxylation sites is 1.